The SMILES string of the molecule is COc1ccc(CN2C(=O)C(c3ccc(C)cc3)=C(N3CCCC(CO)C3)C2=O)cc1. The smallest absolute Gasteiger partial charge is 0.278 e. The molecule has 0 aliphatic carbocycles. The van der Waals surface area contributed by atoms with Crippen LogP contribution in [0.1, 0.15) is 29.5 Å². The first-order valence-corrected chi connectivity index (χ1v) is 10.7. The van der Waals surface area contributed by atoms with Gasteiger partial charge in [0.2, 0.25) is 0 Å². The van der Waals surface area contributed by atoms with Crippen molar-refractivity contribution in [1.82, 2.24) is 9.80 Å². The summed E-state index contributed by atoms with van der Waals surface area (Å²) in [6.07, 6.45) is 1.81. The highest BCUT2D eigenvalue weighted by atomic mass is 16.5. The Hall–Kier alpha value is -3.12. The number of aliphatic hydroxyl groups is 1. The summed E-state index contributed by atoms with van der Waals surface area (Å²) in [6, 6.07) is 15.1. The van der Waals surface area contributed by atoms with Gasteiger partial charge in [-0.3, -0.25) is 14.5 Å². The Kier molecular flexibility index (Phi) is 6.09. The van der Waals surface area contributed by atoms with Crippen LogP contribution in [0.3, 0.4) is 0 Å². The predicted molar refractivity (Wildman–Crippen MR) is 118 cm³/mol. The van der Waals surface area contributed by atoms with Crippen molar-refractivity contribution in [3.8, 4) is 5.75 Å². The molecular formula is C25H28N2O4. The summed E-state index contributed by atoms with van der Waals surface area (Å²) in [4.78, 5) is 30.3. The molecule has 2 aromatic rings. The largest absolute Gasteiger partial charge is 0.497 e. The Morgan fingerprint density at radius 1 is 1.03 bits per heavy atom. The third-order valence-corrected chi connectivity index (χ3v) is 6.08. The highest BCUT2D eigenvalue weighted by molar-refractivity contribution is 6.35. The molecule has 2 amide bonds. The van der Waals surface area contributed by atoms with Gasteiger partial charge in [0.25, 0.3) is 11.8 Å². The molecule has 4 rings (SSSR count). The fourth-order valence-corrected chi connectivity index (χ4v) is 4.31. The van der Waals surface area contributed by atoms with Crippen molar-refractivity contribution in [2.24, 2.45) is 5.92 Å². The highest BCUT2D eigenvalue weighted by Crippen LogP contribution is 2.35. The first-order chi connectivity index (χ1) is 15.0. The topological polar surface area (TPSA) is 70.1 Å². The molecule has 2 aromatic carbocycles. The number of likely N-dealkylation sites (tertiary alicyclic amines) is 1. The zero-order valence-electron chi connectivity index (χ0n) is 18.0. The van der Waals surface area contributed by atoms with E-state index in [9.17, 15) is 14.7 Å². The highest BCUT2D eigenvalue weighted by Gasteiger charge is 2.42. The van der Waals surface area contributed by atoms with Crippen molar-refractivity contribution in [3.63, 3.8) is 0 Å². The lowest BCUT2D eigenvalue weighted by Crippen LogP contribution is -2.40. The Bertz CT molecular complexity index is 995. The molecule has 6 nitrogen and oxygen atoms in total. The third-order valence-electron chi connectivity index (χ3n) is 6.08. The van der Waals surface area contributed by atoms with E-state index in [1.54, 1.807) is 7.11 Å². The lowest BCUT2D eigenvalue weighted by molar-refractivity contribution is -0.138. The van der Waals surface area contributed by atoms with E-state index in [1.807, 2.05) is 60.4 Å². The maximum atomic E-state index is 13.5. The number of aryl methyl sites for hydroxylation is 1. The number of ether oxygens (including phenoxy) is 1. The Labute approximate surface area is 182 Å². The number of aliphatic hydroxyl groups excluding tert-OH is 1. The van der Waals surface area contributed by atoms with Crippen LogP contribution < -0.4 is 4.74 Å². The summed E-state index contributed by atoms with van der Waals surface area (Å²) >= 11 is 0. The lowest BCUT2D eigenvalue weighted by atomic mass is 9.96. The van der Waals surface area contributed by atoms with Gasteiger partial charge in [-0.2, -0.15) is 0 Å². The molecule has 0 saturated carbocycles. The van der Waals surface area contributed by atoms with Gasteiger partial charge in [0.1, 0.15) is 11.4 Å². The second-order valence-corrected chi connectivity index (χ2v) is 8.27. The predicted octanol–water partition coefficient (Wildman–Crippen LogP) is 2.99. The number of imide groups is 1. The number of rotatable bonds is 6. The van der Waals surface area contributed by atoms with Crippen molar-refractivity contribution in [2.45, 2.75) is 26.3 Å². The van der Waals surface area contributed by atoms with Crippen LogP contribution in [0, 0.1) is 12.8 Å². The van der Waals surface area contributed by atoms with Gasteiger partial charge in [-0.25, -0.2) is 0 Å². The molecule has 1 saturated heterocycles. The summed E-state index contributed by atoms with van der Waals surface area (Å²) in [5, 5.41) is 9.66. The Balaban J connectivity index is 1.70. The van der Waals surface area contributed by atoms with Crippen LogP contribution in [0.5, 0.6) is 5.75 Å². The van der Waals surface area contributed by atoms with Crippen LogP contribution in [0.15, 0.2) is 54.2 Å². The molecule has 1 atom stereocenters. The first-order valence-electron chi connectivity index (χ1n) is 10.7. The van der Waals surface area contributed by atoms with Crippen LogP contribution in [-0.4, -0.2) is 53.5 Å². The molecule has 1 fully saturated rings. The molecule has 0 aromatic heterocycles. The average Bonchev–Trinajstić information content (AvgIpc) is 3.05. The number of hydrogen-bond donors (Lipinski definition) is 1. The van der Waals surface area contributed by atoms with Gasteiger partial charge in [-0.05, 0) is 48.9 Å². The molecule has 0 bridgehead atoms. The zero-order valence-corrected chi connectivity index (χ0v) is 18.0. The van der Waals surface area contributed by atoms with Gasteiger partial charge in [-0.1, -0.05) is 42.0 Å². The summed E-state index contributed by atoms with van der Waals surface area (Å²) in [5.74, 6) is 0.296. The fourth-order valence-electron chi connectivity index (χ4n) is 4.31. The summed E-state index contributed by atoms with van der Waals surface area (Å²) in [6.45, 7) is 3.57. The third kappa shape index (κ3) is 4.21. The van der Waals surface area contributed by atoms with Gasteiger partial charge in [-0.15, -0.1) is 0 Å². The average molecular weight is 421 g/mol. The number of nitrogens with zero attached hydrogens (tertiary/aromatic N) is 2. The fraction of sp³-hybridized carbons (Fsp3) is 0.360. The molecule has 162 valence electrons. The summed E-state index contributed by atoms with van der Waals surface area (Å²) in [7, 11) is 1.60. The molecule has 31 heavy (non-hydrogen) atoms. The molecule has 1 unspecified atom stereocenters. The zero-order chi connectivity index (χ0) is 22.0. The molecular weight excluding hydrogens is 392 g/mol. The van der Waals surface area contributed by atoms with Crippen LogP contribution in [-0.2, 0) is 16.1 Å². The monoisotopic (exact) mass is 420 g/mol. The number of carbonyl (C=O) groups is 2. The van der Waals surface area contributed by atoms with Crippen LogP contribution >= 0.6 is 0 Å². The Morgan fingerprint density at radius 2 is 1.74 bits per heavy atom. The number of benzene rings is 2. The van der Waals surface area contributed by atoms with Crippen molar-refractivity contribution in [3.05, 3.63) is 70.9 Å². The maximum Gasteiger partial charge on any atom is 0.278 e. The molecule has 0 radical (unpaired) electrons. The minimum Gasteiger partial charge on any atom is -0.497 e. The molecule has 1 N–H and O–H groups in total. The number of carbonyl (C=O) groups excluding carboxylic acids is 2. The standard InChI is InChI=1S/C25H28N2O4/c1-17-5-9-20(10-6-17)22-23(26-13-3-4-19(14-26)16-28)25(30)27(24(22)29)15-18-7-11-21(31-2)12-8-18/h5-12,19,28H,3-4,13-16H2,1-2H3. The second-order valence-electron chi connectivity index (χ2n) is 8.27. The maximum absolute atomic E-state index is 13.5. The molecule has 2 heterocycles. The van der Waals surface area contributed by atoms with E-state index in [0.29, 0.717) is 24.4 Å². The summed E-state index contributed by atoms with van der Waals surface area (Å²) < 4.78 is 5.20. The van der Waals surface area contributed by atoms with Gasteiger partial charge in [0.05, 0.1) is 19.2 Å². The molecule has 0 spiro atoms. The van der Waals surface area contributed by atoms with Crippen LogP contribution in [0.2, 0.25) is 0 Å². The number of hydrogen-bond acceptors (Lipinski definition) is 5. The minimum atomic E-state index is -0.272. The minimum absolute atomic E-state index is 0.0847. The van der Waals surface area contributed by atoms with E-state index in [1.165, 1.54) is 4.90 Å². The number of methoxy groups -OCH3 is 1. The lowest BCUT2D eigenvalue weighted by Gasteiger charge is -2.34. The van der Waals surface area contributed by atoms with Crippen molar-refractivity contribution in [1.29, 1.82) is 0 Å². The quantitative estimate of drug-likeness (QED) is 0.728. The van der Waals surface area contributed by atoms with Crippen molar-refractivity contribution >= 4 is 17.4 Å². The van der Waals surface area contributed by atoms with Crippen molar-refractivity contribution in [2.75, 3.05) is 26.8 Å². The molecule has 2 aliphatic rings. The van der Waals surface area contributed by atoms with E-state index in [4.69, 9.17) is 4.74 Å². The summed E-state index contributed by atoms with van der Waals surface area (Å²) in [5.41, 5.74) is 3.62. The van der Waals surface area contributed by atoms with E-state index < -0.39 is 0 Å². The number of amides is 2. The van der Waals surface area contributed by atoms with Gasteiger partial charge in [0, 0.05) is 19.7 Å². The Morgan fingerprint density at radius 3 is 2.39 bits per heavy atom. The normalized spacial score (nSPS) is 19.4. The van der Waals surface area contributed by atoms with Crippen LogP contribution in [0.4, 0.5) is 0 Å². The van der Waals surface area contributed by atoms with Crippen molar-refractivity contribution < 1.29 is 19.4 Å². The van der Waals surface area contributed by atoms with Gasteiger partial charge < -0.3 is 14.7 Å². The molecule has 2 aliphatic heterocycles. The van der Waals surface area contributed by atoms with E-state index in [-0.39, 0.29) is 30.9 Å². The first kappa shape index (κ1) is 21.1. The van der Waals surface area contributed by atoms with Crippen LogP contribution in [0.25, 0.3) is 5.57 Å². The van der Waals surface area contributed by atoms with E-state index in [2.05, 4.69) is 0 Å². The second kappa shape index (κ2) is 8.94. The van der Waals surface area contributed by atoms with E-state index in [0.717, 1.165) is 35.3 Å². The van der Waals surface area contributed by atoms with Gasteiger partial charge >= 0.3 is 0 Å². The van der Waals surface area contributed by atoms with E-state index >= 15 is 0 Å². The van der Waals surface area contributed by atoms with Gasteiger partial charge in [0.15, 0.2) is 0 Å². The molecule has 6 heteroatoms. The number of piperidine rings is 1.